The predicted octanol–water partition coefficient (Wildman–Crippen LogP) is 2.48. The molecule has 0 saturated carbocycles. The zero-order chi connectivity index (χ0) is 10.7. The van der Waals surface area contributed by atoms with Crippen molar-refractivity contribution in [3.8, 4) is 5.75 Å². The summed E-state index contributed by atoms with van der Waals surface area (Å²) in [5, 5.41) is 12.6. The maximum Gasteiger partial charge on any atom is 0.224 e. The van der Waals surface area contributed by atoms with Crippen molar-refractivity contribution < 1.29 is 5.11 Å². The molecule has 0 amide bonds. The summed E-state index contributed by atoms with van der Waals surface area (Å²) in [7, 11) is 0. The van der Waals surface area contributed by atoms with Crippen LogP contribution in [0.25, 0.3) is 0 Å². The molecule has 0 radical (unpaired) electrons. The lowest BCUT2D eigenvalue weighted by Crippen LogP contribution is -2.03. The summed E-state index contributed by atoms with van der Waals surface area (Å²) < 4.78 is 0. The van der Waals surface area contributed by atoms with Gasteiger partial charge in [-0.25, -0.2) is 4.98 Å². The minimum Gasteiger partial charge on any atom is -0.503 e. The smallest absolute Gasteiger partial charge is 0.224 e. The fraction of sp³-hybridized carbons (Fsp3) is 0.200. The first-order valence-electron chi connectivity index (χ1n) is 4.60. The van der Waals surface area contributed by atoms with Crippen molar-refractivity contribution in [3.05, 3.63) is 35.4 Å². The van der Waals surface area contributed by atoms with Crippen LogP contribution in [0.2, 0.25) is 5.28 Å². The van der Waals surface area contributed by atoms with Crippen molar-refractivity contribution in [2.75, 3.05) is 5.32 Å². The summed E-state index contributed by atoms with van der Waals surface area (Å²) in [6, 6.07) is 0. The summed E-state index contributed by atoms with van der Waals surface area (Å²) in [6.07, 6.45) is 9.15. The number of hydrogen-bond donors (Lipinski definition) is 2. The highest BCUT2D eigenvalue weighted by Crippen LogP contribution is 2.23. The number of allylic oxidation sites excluding steroid dienone is 4. The molecule has 1 aliphatic rings. The van der Waals surface area contributed by atoms with Crippen molar-refractivity contribution >= 4 is 17.4 Å². The van der Waals surface area contributed by atoms with Gasteiger partial charge in [0.15, 0.2) is 11.6 Å². The standard InChI is InChI=1S/C10H10ClN3O/c11-10-12-6-8(15)9(14-10)13-7-4-2-1-3-5-7/h1-2,4,6,15H,3,5H2,(H,12,13,14). The third kappa shape index (κ3) is 2.47. The monoisotopic (exact) mass is 223 g/mol. The fourth-order valence-electron chi connectivity index (χ4n) is 1.30. The molecule has 5 heteroatoms. The number of aromatic hydroxyl groups is 1. The Morgan fingerprint density at radius 2 is 2.33 bits per heavy atom. The molecular formula is C10H10ClN3O. The van der Waals surface area contributed by atoms with Gasteiger partial charge in [-0.15, -0.1) is 0 Å². The maximum absolute atomic E-state index is 9.47. The Kier molecular flexibility index (Phi) is 2.87. The predicted molar refractivity (Wildman–Crippen MR) is 58.8 cm³/mol. The average Bonchev–Trinajstić information content (AvgIpc) is 2.25. The van der Waals surface area contributed by atoms with Gasteiger partial charge in [-0.05, 0) is 30.5 Å². The molecule has 4 nitrogen and oxygen atoms in total. The van der Waals surface area contributed by atoms with Crippen LogP contribution in [0.4, 0.5) is 5.82 Å². The summed E-state index contributed by atoms with van der Waals surface area (Å²) in [5.41, 5.74) is 1.00. The quantitative estimate of drug-likeness (QED) is 0.757. The van der Waals surface area contributed by atoms with Gasteiger partial charge >= 0.3 is 0 Å². The van der Waals surface area contributed by atoms with Gasteiger partial charge in [-0.2, -0.15) is 4.98 Å². The van der Waals surface area contributed by atoms with Gasteiger partial charge in [-0.3, -0.25) is 0 Å². The minimum atomic E-state index is -0.00477. The van der Waals surface area contributed by atoms with Gasteiger partial charge < -0.3 is 10.4 Å². The molecule has 0 aliphatic heterocycles. The lowest BCUT2D eigenvalue weighted by atomic mass is 10.1. The van der Waals surface area contributed by atoms with Crippen LogP contribution in [0.15, 0.2) is 30.1 Å². The van der Waals surface area contributed by atoms with Crippen molar-refractivity contribution in [2.45, 2.75) is 12.8 Å². The van der Waals surface area contributed by atoms with E-state index in [1.54, 1.807) is 0 Å². The molecule has 15 heavy (non-hydrogen) atoms. The van der Waals surface area contributed by atoms with E-state index in [1.165, 1.54) is 6.20 Å². The Morgan fingerprint density at radius 1 is 1.47 bits per heavy atom. The molecule has 78 valence electrons. The number of nitrogens with one attached hydrogen (secondary N) is 1. The Morgan fingerprint density at radius 3 is 3.07 bits per heavy atom. The summed E-state index contributed by atoms with van der Waals surface area (Å²) >= 11 is 5.63. The van der Waals surface area contributed by atoms with Gasteiger partial charge in [0.1, 0.15) is 0 Å². The van der Waals surface area contributed by atoms with Gasteiger partial charge in [-0.1, -0.05) is 12.2 Å². The van der Waals surface area contributed by atoms with Gasteiger partial charge in [0.25, 0.3) is 0 Å². The average molecular weight is 224 g/mol. The number of halogens is 1. The van der Waals surface area contributed by atoms with E-state index in [1.807, 2.05) is 12.2 Å². The zero-order valence-corrected chi connectivity index (χ0v) is 8.70. The molecule has 0 unspecified atom stereocenters. The minimum absolute atomic E-state index is 0.00477. The summed E-state index contributed by atoms with van der Waals surface area (Å²) in [5.74, 6) is 0.339. The highest BCUT2D eigenvalue weighted by atomic mass is 35.5. The molecule has 2 N–H and O–H groups in total. The molecule has 2 rings (SSSR count). The van der Waals surface area contributed by atoms with Crippen LogP contribution in [-0.4, -0.2) is 15.1 Å². The summed E-state index contributed by atoms with van der Waals surface area (Å²) in [6.45, 7) is 0. The molecule has 1 heterocycles. The SMILES string of the molecule is Oc1cnc(Cl)nc1NC1=CC=CCC1. The van der Waals surface area contributed by atoms with Crippen LogP contribution < -0.4 is 5.32 Å². The number of aromatic nitrogens is 2. The topological polar surface area (TPSA) is 58.0 Å². The molecule has 0 atom stereocenters. The van der Waals surface area contributed by atoms with E-state index in [9.17, 15) is 5.11 Å². The molecule has 0 bridgehead atoms. The third-order valence-electron chi connectivity index (χ3n) is 2.03. The van der Waals surface area contributed by atoms with E-state index in [0.717, 1.165) is 18.5 Å². The second-order valence-corrected chi connectivity index (χ2v) is 3.49. The van der Waals surface area contributed by atoms with Crippen LogP contribution >= 0.6 is 11.6 Å². The highest BCUT2D eigenvalue weighted by molar-refractivity contribution is 6.28. The number of rotatable bonds is 2. The lowest BCUT2D eigenvalue weighted by molar-refractivity contribution is 0.472. The highest BCUT2D eigenvalue weighted by Gasteiger charge is 2.07. The zero-order valence-electron chi connectivity index (χ0n) is 7.94. The molecule has 0 saturated heterocycles. The second-order valence-electron chi connectivity index (χ2n) is 3.16. The Labute approximate surface area is 92.3 Å². The van der Waals surface area contributed by atoms with Crippen molar-refractivity contribution in [3.63, 3.8) is 0 Å². The van der Waals surface area contributed by atoms with E-state index >= 15 is 0 Å². The van der Waals surface area contributed by atoms with Gasteiger partial charge in [0, 0.05) is 5.70 Å². The Bertz CT molecular complexity index is 429. The van der Waals surface area contributed by atoms with Crippen LogP contribution in [0.5, 0.6) is 5.75 Å². The Balaban J connectivity index is 2.19. The third-order valence-corrected chi connectivity index (χ3v) is 2.21. The van der Waals surface area contributed by atoms with Crippen LogP contribution in [-0.2, 0) is 0 Å². The van der Waals surface area contributed by atoms with Crippen molar-refractivity contribution in [2.24, 2.45) is 0 Å². The van der Waals surface area contributed by atoms with Crippen molar-refractivity contribution in [1.82, 2.24) is 9.97 Å². The summed E-state index contributed by atoms with van der Waals surface area (Å²) in [4.78, 5) is 7.56. The van der Waals surface area contributed by atoms with Crippen LogP contribution in [0.1, 0.15) is 12.8 Å². The van der Waals surface area contributed by atoms with E-state index in [2.05, 4.69) is 21.4 Å². The first kappa shape index (κ1) is 9.98. The molecule has 0 fully saturated rings. The fourth-order valence-corrected chi connectivity index (χ4v) is 1.44. The van der Waals surface area contributed by atoms with Gasteiger partial charge in [0.2, 0.25) is 5.28 Å². The molecule has 0 aromatic carbocycles. The molecular weight excluding hydrogens is 214 g/mol. The largest absolute Gasteiger partial charge is 0.503 e. The van der Waals surface area contributed by atoms with Crippen LogP contribution in [0, 0.1) is 0 Å². The number of hydrogen-bond acceptors (Lipinski definition) is 4. The number of anilines is 1. The normalized spacial score (nSPS) is 14.9. The van der Waals surface area contributed by atoms with Crippen LogP contribution in [0.3, 0.4) is 0 Å². The molecule has 1 aliphatic carbocycles. The van der Waals surface area contributed by atoms with Gasteiger partial charge in [0.05, 0.1) is 6.20 Å². The molecule has 1 aromatic rings. The first-order valence-corrected chi connectivity index (χ1v) is 4.98. The maximum atomic E-state index is 9.47. The van der Waals surface area contributed by atoms with Crippen molar-refractivity contribution in [1.29, 1.82) is 0 Å². The lowest BCUT2D eigenvalue weighted by Gasteiger charge is -2.12. The first-order chi connectivity index (χ1) is 7.25. The molecule has 0 spiro atoms. The van der Waals surface area contributed by atoms with E-state index in [4.69, 9.17) is 11.6 Å². The molecule has 1 aromatic heterocycles. The van der Waals surface area contributed by atoms with E-state index in [0.29, 0.717) is 5.82 Å². The van der Waals surface area contributed by atoms with E-state index < -0.39 is 0 Å². The number of nitrogens with zero attached hydrogens (tertiary/aromatic N) is 2. The second kappa shape index (κ2) is 4.31. The van der Waals surface area contributed by atoms with E-state index in [-0.39, 0.29) is 11.0 Å². The Hall–Kier alpha value is -1.55.